The number of nitrogens with one attached hydrogen (secondary N) is 1. The van der Waals surface area contributed by atoms with Crippen LogP contribution in [0.15, 0.2) is 4.42 Å². The molecule has 0 radical (unpaired) electrons. The molecule has 18 heavy (non-hydrogen) atoms. The Balaban J connectivity index is 1.97. The molecule has 6 heteroatoms. The molecule has 0 saturated heterocycles. The maximum Gasteiger partial charge on any atom is 0.318 e. The topological polar surface area (TPSA) is 74.4 Å². The number of aromatic nitrogens is 2. The van der Waals surface area contributed by atoms with Crippen LogP contribution in [0.1, 0.15) is 38.5 Å². The molecule has 1 aromatic rings. The first-order valence-corrected chi connectivity index (χ1v) is 6.75. The van der Waals surface area contributed by atoms with E-state index in [1.807, 2.05) is 6.92 Å². The summed E-state index contributed by atoms with van der Waals surface area (Å²) in [6.07, 6.45) is 4.35. The molecule has 0 spiro atoms. The number of anilines is 1. The van der Waals surface area contributed by atoms with E-state index in [-0.39, 0.29) is 6.61 Å². The Morgan fingerprint density at radius 3 is 2.89 bits per heavy atom. The van der Waals surface area contributed by atoms with E-state index in [9.17, 15) is 0 Å². The molecule has 0 atom stereocenters. The quantitative estimate of drug-likeness (QED) is 0.718. The van der Waals surface area contributed by atoms with E-state index in [0.717, 1.165) is 19.5 Å². The van der Waals surface area contributed by atoms with E-state index in [1.165, 1.54) is 19.3 Å². The second-order valence-electron chi connectivity index (χ2n) is 4.61. The van der Waals surface area contributed by atoms with Crippen molar-refractivity contribution in [1.29, 1.82) is 0 Å². The van der Waals surface area contributed by atoms with Gasteiger partial charge in [0.25, 0.3) is 0 Å². The summed E-state index contributed by atoms with van der Waals surface area (Å²) in [6, 6.07) is 1.10. The lowest BCUT2D eigenvalue weighted by Crippen LogP contribution is -2.41. The molecular formula is C12H22N4O2. The van der Waals surface area contributed by atoms with Crippen molar-refractivity contribution in [3.63, 3.8) is 0 Å². The molecule has 1 fully saturated rings. The zero-order valence-electron chi connectivity index (χ0n) is 10.9. The van der Waals surface area contributed by atoms with Crippen LogP contribution >= 0.6 is 0 Å². The van der Waals surface area contributed by atoms with Gasteiger partial charge >= 0.3 is 6.01 Å². The summed E-state index contributed by atoms with van der Waals surface area (Å²) in [7, 11) is 0. The molecular weight excluding hydrogens is 232 g/mol. The summed E-state index contributed by atoms with van der Waals surface area (Å²) in [5.41, 5.74) is 0. The average molecular weight is 254 g/mol. The van der Waals surface area contributed by atoms with Crippen LogP contribution in [0.2, 0.25) is 0 Å². The zero-order valence-corrected chi connectivity index (χ0v) is 10.9. The number of hydrogen-bond donors (Lipinski definition) is 2. The zero-order chi connectivity index (χ0) is 12.8. The van der Waals surface area contributed by atoms with Crippen LogP contribution in [0.4, 0.5) is 6.01 Å². The lowest BCUT2D eigenvalue weighted by Gasteiger charge is -2.36. The van der Waals surface area contributed by atoms with E-state index in [0.29, 0.717) is 24.5 Å². The Morgan fingerprint density at radius 2 is 2.28 bits per heavy atom. The van der Waals surface area contributed by atoms with Gasteiger partial charge in [-0.1, -0.05) is 12.0 Å². The molecule has 1 aromatic heterocycles. The Labute approximate surface area is 107 Å². The van der Waals surface area contributed by atoms with Crippen LogP contribution in [0.5, 0.6) is 0 Å². The fourth-order valence-electron chi connectivity index (χ4n) is 2.04. The third-order valence-corrected chi connectivity index (χ3v) is 3.30. The molecule has 2 rings (SSSR count). The molecule has 0 aromatic carbocycles. The van der Waals surface area contributed by atoms with E-state index in [4.69, 9.17) is 9.52 Å². The molecule has 1 aliphatic rings. The normalized spacial score (nSPS) is 15.7. The van der Waals surface area contributed by atoms with Gasteiger partial charge in [0.2, 0.25) is 5.89 Å². The summed E-state index contributed by atoms with van der Waals surface area (Å²) in [5.74, 6) is 0.625. The van der Waals surface area contributed by atoms with E-state index in [1.54, 1.807) is 0 Å². The monoisotopic (exact) mass is 254 g/mol. The predicted molar refractivity (Wildman–Crippen MR) is 68.4 cm³/mol. The lowest BCUT2D eigenvalue weighted by molar-refractivity contribution is 0.279. The number of nitrogens with zero attached hydrogens (tertiary/aromatic N) is 3. The van der Waals surface area contributed by atoms with E-state index >= 15 is 0 Å². The van der Waals surface area contributed by atoms with Gasteiger partial charge in [-0.05, 0) is 32.2 Å². The third-order valence-electron chi connectivity index (χ3n) is 3.30. The van der Waals surface area contributed by atoms with Crippen molar-refractivity contribution in [2.45, 2.75) is 45.2 Å². The predicted octanol–water partition coefficient (Wildman–Crippen LogP) is 0.920. The second kappa shape index (κ2) is 6.70. The van der Waals surface area contributed by atoms with Crippen molar-refractivity contribution in [2.24, 2.45) is 0 Å². The number of aliphatic hydroxyl groups is 1. The minimum absolute atomic E-state index is 0.196. The fraction of sp³-hybridized carbons (Fsp3) is 0.833. The average Bonchev–Trinajstić information content (AvgIpc) is 2.77. The van der Waals surface area contributed by atoms with Gasteiger partial charge in [-0.15, -0.1) is 5.10 Å². The summed E-state index contributed by atoms with van der Waals surface area (Å²) in [4.78, 5) is 2.14. The van der Waals surface area contributed by atoms with Gasteiger partial charge < -0.3 is 19.7 Å². The van der Waals surface area contributed by atoms with Gasteiger partial charge in [0.1, 0.15) is 0 Å². The van der Waals surface area contributed by atoms with Crippen molar-refractivity contribution in [3.05, 3.63) is 5.89 Å². The van der Waals surface area contributed by atoms with Crippen molar-refractivity contribution in [3.8, 4) is 0 Å². The van der Waals surface area contributed by atoms with E-state index < -0.39 is 0 Å². The van der Waals surface area contributed by atoms with Gasteiger partial charge in [0.05, 0.1) is 6.54 Å². The molecule has 0 amide bonds. The Morgan fingerprint density at radius 1 is 1.44 bits per heavy atom. The second-order valence-corrected chi connectivity index (χ2v) is 4.61. The minimum atomic E-state index is 0.196. The molecule has 0 aliphatic heterocycles. The summed E-state index contributed by atoms with van der Waals surface area (Å²) in [6.45, 7) is 4.52. The molecule has 2 N–H and O–H groups in total. The van der Waals surface area contributed by atoms with Crippen LogP contribution in [0, 0.1) is 0 Å². The highest BCUT2D eigenvalue weighted by atomic mass is 16.4. The van der Waals surface area contributed by atoms with Crippen molar-refractivity contribution in [2.75, 3.05) is 24.6 Å². The lowest BCUT2D eigenvalue weighted by atomic mass is 9.91. The molecule has 0 unspecified atom stereocenters. The van der Waals surface area contributed by atoms with Gasteiger partial charge in [-0.25, -0.2) is 0 Å². The molecule has 102 valence electrons. The molecule has 1 heterocycles. The van der Waals surface area contributed by atoms with Gasteiger partial charge in [0.15, 0.2) is 0 Å². The van der Waals surface area contributed by atoms with Crippen LogP contribution in [-0.4, -0.2) is 41.0 Å². The van der Waals surface area contributed by atoms with Crippen molar-refractivity contribution >= 4 is 6.01 Å². The third kappa shape index (κ3) is 3.20. The highest BCUT2D eigenvalue weighted by Crippen LogP contribution is 2.28. The first-order valence-electron chi connectivity index (χ1n) is 6.75. The highest BCUT2D eigenvalue weighted by Gasteiger charge is 2.28. The Kier molecular flexibility index (Phi) is 4.95. The van der Waals surface area contributed by atoms with Crippen LogP contribution in [0.25, 0.3) is 0 Å². The molecule has 1 aliphatic carbocycles. The van der Waals surface area contributed by atoms with Gasteiger partial charge in [-0.3, -0.25) is 0 Å². The van der Waals surface area contributed by atoms with Gasteiger partial charge in [-0.2, -0.15) is 0 Å². The molecule has 6 nitrogen and oxygen atoms in total. The van der Waals surface area contributed by atoms with Crippen LogP contribution in [0.3, 0.4) is 0 Å². The standard InChI is InChI=1S/C12H22N4O2/c1-2-13-9-11-14-15-12(18-11)16(7-4-8-17)10-5-3-6-10/h10,13,17H,2-9H2,1H3. The number of hydrogen-bond acceptors (Lipinski definition) is 6. The van der Waals surface area contributed by atoms with Crippen LogP contribution < -0.4 is 10.2 Å². The molecule has 1 saturated carbocycles. The first-order chi connectivity index (χ1) is 8.85. The maximum absolute atomic E-state index is 8.95. The smallest absolute Gasteiger partial charge is 0.318 e. The summed E-state index contributed by atoms with van der Waals surface area (Å²) < 4.78 is 5.66. The van der Waals surface area contributed by atoms with Crippen LogP contribution in [-0.2, 0) is 6.54 Å². The number of rotatable bonds is 8. The summed E-state index contributed by atoms with van der Waals surface area (Å²) in [5, 5.41) is 20.3. The summed E-state index contributed by atoms with van der Waals surface area (Å²) >= 11 is 0. The SMILES string of the molecule is CCNCc1nnc(N(CCCO)C2CCC2)o1. The van der Waals surface area contributed by atoms with Gasteiger partial charge in [0, 0.05) is 19.2 Å². The fourth-order valence-corrected chi connectivity index (χ4v) is 2.04. The Bertz CT molecular complexity index is 352. The highest BCUT2D eigenvalue weighted by molar-refractivity contribution is 5.27. The molecule has 0 bridgehead atoms. The first kappa shape index (κ1) is 13.3. The van der Waals surface area contributed by atoms with Crippen molar-refractivity contribution in [1.82, 2.24) is 15.5 Å². The van der Waals surface area contributed by atoms with E-state index in [2.05, 4.69) is 20.4 Å². The maximum atomic E-state index is 8.95. The van der Waals surface area contributed by atoms with Crippen molar-refractivity contribution < 1.29 is 9.52 Å². The number of aliphatic hydroxyl groups excluding tert-OH is 1. The Hall–Kier alpha value is -1.14. The largest absolute Gasteiger partial charge is 0.407 e. The minimum Gasteiger partial charge on any atom is -0.407 e.